The van der Waals surface area contributed by atoms with Crippen LogP contribution in [0.1, 0.15) is 23.3 Å². The Morgan fingerprint density at radius 2 is 2.16 bits per heavy atom. The zero-order valence-corrected chi connectivity index (χ0v) is 11.0. The van der Waals surface area contributed by atoms with Gasteiger partial charge >= 0.3 is 0 Å². The standard InChI is InChI=1S/C14H18N4O/c1-19-10-7-12-16-17-14-13(15-8-9-18(12)14)11-5-3-2-4-6-11/h2-6,13,15H,7-10H2,1H3. The quantitative estimate of drug-likeness (QED) is 0.894. The van der Waals surface area contributed by atoms with E-state index in [-0.39, 0.29) is 6.04 Å². The zero-order chi connectivity index (χ0) is 13.1. The van der Waals surface area contributed by atoms with Crippen LogP contribution < -0.4 is 5.32 Å². The molecule has 19 heavy (non-hydrogen) atoms. The van der Waals surface area contributed by atoms with Gasteiger partial charge in [0, 0.05) is 26.6 Å². The van der Waals surface area contributed by atoms with Crippen molar-refractivity contribution in [2.45, 2.75) is 19.0 Å². The Kier molecular flexibility index (Phi) is 3.57. The molecule has 0 saturated carbocycles. The summed E-state index contributed by atoms with van der Waals surface area (Å²) in [6.45, 7) is 2.54. The molecule has 1 aromatic heterocycles. The highest BCUT2D eigenvalue weighted by molar-refractivity contribution is 5.26. The average molecular weight is 258 g/mol. The van der Waals surface area contributed by atoms with E-state index >= 15 is 0 Å². The van der Waals surface area contributed by atoms with Gasteiger partial charge in [-0.2, -0.15) is 0 Å². The predicted octanol–water partition coefficient (Wildman–Crippen LogP) is 1.16. The number of hydrogen-bond donors (Lipinski definition) is 1. The van der Waals surface area contributed by atoms with Crippen molar-refractivity contribution in [3.05, 3.63) is 47.5 Å². The van der Waals surface area contributed by atoms with Crippen molar-refractivity contribution in [2.24, 2.45) is 0 Å². The molecule has 100 valence electrons. The summed E-state index contributed by atoms with van der Waals surface area (Å²) in [5.41, 5.74) is 1.23. The minimum Gasteiger partial charge on any atom is -0.384 e. The molecular weight excluding hydrogens is 240 g/mol. The third-order valence-corrected chi connectivity index (χ3v) is 3.46. The van der Waals surface area contributed by atoms with Gasteiger partial charge in [-0.05, 0) is 5.56 Å². The molecule has 0 aliphatic carbocycles. The number of benzene rings is 1. The van der Waals surface area contributed by atoms with Crippen molar-refractivity contribution in [2.75, 3.05) is 20.3 Å². The fraction of sp³-hybridized carbons (Fsp3) is 0.429. The maximum atomic E-state index is 5.12. The highest BCUT2D eigenvalue weighted by Gasteiger charge is 2.25. The predicted molar refractivity (Wildman–Crippen MR) is 71.9 cm³/mol. The molecule has 0 bridgehead atoms. The smallest absolute Gasteiger partial charge is 0.154 e. The van der Waals surface area contributed by atoms with Crippen LogP contribution in [-0.4, -0.2) is 35.0 Å². The summed E-state index contributed by atoms with van der Waals surface area (Å²) in [4.78, 5) is 0. The third-order valence-electron chi connectivity index (χ3n) is 3.46. The van der Waals surface area contributed by atoms with Crippen LogP contribution in [0.3, 0.4) is 0 Å². The molecule has 1 aliphatic rings. The number of methoxy groups -OCH3 is 1. The van der Waals surface area contributed by atoms with Crippen molar-refractivity contribution in [3.8, 4) is 0 Å². The van der Waals surface area contributed by atoms with Crippen LogP contribution in [0, 0.1) is 0 Å². The van der Waals surface area contributed by atoms with E-state index in [1.807, 2.05) is 6.07 Å². The SMILES string of the molecule is COCCc1nnc2n1CCNC2c1ccccc1. The molecule has 5 nitrogen and oxygen atoms in total. The first-order valence-electron chi connectivity index (χ1n) is 6.59. The monoisotopic (exact) mass is 258 g/mol. The van der Waals surface area contributed by atoms with E-state index in [1.54, 1.807) is 7.11 Å². The lowest BCUT2D eigenvalue weighted by Crippen LogP contribution is -2.35. The molecular formula is C14H18N4O. The number of hydrogen-bond acceptors (Lipinski definition) is 4. The van der Waals surface area contributed by atoms with Gasteiger partial charge in [0.1, 0.15) is 5.82 Å². The molecule has 0 amide bonds. The molecule has 5 heteroatoms. The summed E-state index contributed by atoms with van der Waals surface area (Å²) in [5, 5.41) is 12.2. The molecule has 0 saturated heterocycles. The van der Waals surface area contributed by atoms with E-state index in [0.717, 1.165) is 31.2 Å². The Balaban J connectivity index is 1.91. The van der Waals surface area contributed by atoms with Crippen molar-refractivity contribution in [1.82, 2.24) is 20.1 Å². The molecule has 1 aromatic carbocycles. The molecule has 1 unspecified atom stereocenters. The zero-order valence-electron chi connectivity index (χ0n) is 11.0. The number of ether oxygens (including phenoxy) is 1. The maximum Gasteiger partial charge on any atom is 0.154 e. The first kappa shape index (κ1) is 12.3. The number of rotatable bonds is 4. The number of aromatic nitrogens is 3. The average Bonchev–Trinajstić information content (AvgIpc) is 2.89. The van der Waals surface area contributed by atoms with E-state index in [1.165, 1.54) is 5.56 Å². The third kappa shape index (κ3) is 2.39. The minimum absolute atomic E-state index is 0.138. The van der Waals surface area contributed by atoms with E-state index < -0.39 is 0 Å². The van der Waals surface area contributed by atoms with Crippen LogP contribution in [0.4, 0.5) is 0 Å². The van der Waals surface area contributed by atoms with Gasteiger partial charge < -0.3 is 14.6 Å². The van der Waals surface area contributed by atoms with Crippen LogP contribution in [0.2, 0.25) is 0 Å². The topological polar surface area (TPSA) is 52.0 Å². The normalized spacial score (nSPS) is 18.3. The first-order chi connectivity index (χ1) is 9.40. The van der Waals surface area contributed by atoms with Crippen molar-refractivity contribution < 1.29 is 4.74 Å². The Hall–Kier alpha value is -1.72. The van der Waals surface area contributed by atoms with Gasteiger partial charge in [0.2, 0.25) is 0 Å². The van der Waals surface area contributed by atoms with Gasteiger partial charge in [0.15, 0.2) is 5.82 Å². The Labute approximate surface area is 112 Å². The van der Waals surface area contributed by atoms with Crippen molar-refractivity contribution >= 4 is 0 Å². The Morgan fingerprint density at radius 1 is 1.32 bits per heavy atom. The van der Waals surface area contributed by atoms with Gasteiger partial charge in [-0.1, -0.05) is 30.3 Å². The highest BCUT2D eigenvalue weighted by atomic mass is 16.5. The van der Waals surface area contributed by atoms with Gasteiger partial charge in [0.25, 0.3) is 0 Å². The summed E-state index contributed by atoms with van der Waals surface area (Å²) in [6, 6.07) is 10.5. The molecule has 3 rings (SSSR count). The lowest BCUT2D eigenvalue weighted by molar-refractivity contribution is 0.199. The lowest BCUT2D eigenvalue weighted by atomic mass is 10.0. The van der Waals surface area contributed by atoms with E-state index in [0.29, 0.717) is 6.61 Å². The summed E-state index contributed by atoms with van der Waals surface area (Å²) < 4.78 is 7.34. The van der Waals surface area contributed by atoms with Crippen LogP contribution in [-0.2, 0) is 17.7 Å². The molecule has 1 aliphatic heterocycles. The molecule has 2 aromatic rings. The second-order valence-electron chi connectivity index (χ2n) is 4.67. The number of fused-ring (bicyclic) bond motifs is 1. The molecule has 1 atom stereocenters. The number of nitrogens with one attached hydrogen (secondary N) is 1. The van der Waals surface area contributed by atoms with Gasteiger partial charge in [-0.3, -0.25) is 0 Å². The lowest BCUT2D eigenvalue weighted by Gasteiger charge is -2.25. The first-order valence-corrected chi connectivity index (χ1v) is 6.59. The van der Waals surface area contributed by atoms with Crippen molar-refractivity contribution in [3.63, 3.8) is 0 Å². The van der Waals surface area contributed by atoms with E-state index in [4.69, 9.17) is 4.74 Å². The van der Waals surface area contributed by atoms with Crippen LogP contribution in [0.15, 0.2) is 30.3 Å². The molecule has 1 N–H and O–H groups in total. The van der Waals surface area contributed by atoms with Crippen LogP contribution >= 0.6 is 0 Å². The summed E-state index contributed by atoms with van der Waals surface area (Å²) in [6.07, 6.45) is 0.811. The summed E-state index contributed by atoms with van der Waals surface area (Å²) in [7, 11) is 1.71. The second kappa shape index (κ2) is 5.50. The van der Waals surface area contributed by atoms with Crippen molar-refractivity contribution in [1.29, 1.82) is 0 Å². The molecule has 0 radical (unpaired) electrons. The maximum absolute atomic E-state index is 5.12. The van der Waals surface area contributed by atoms with Gasteiger partial charge in [0.05, 0.1) is 12.6 Å². The second-order valence-corrected chi connectivity index (χ2v) is 4.67. The summed E-state index contributed by atoms with van der Waals surface area (Å²) in [5.74, 6) is 2.02. The molecule has 0 spiro atoms. The Morgan fingerprint density at radius 3 is 2.95 bits per heavy atom. The molecule has 2 heterocycles. The Bertz CT molecular complexity index is 538. The minimum atomic E-state index is 0.138. The molecule has 0 fully saturated rings. The van der Waals surface area contributed by atoms with Gasteiger partial charge in [-0.15, -0.1) is 10.2 Å². The summed E-state index contributed by atoms with van der Waals surface area (Å²) >= 11 is 0. The highest BCUT2D eigenvalue weighted by Crippen LogP contribution is 2.23. The van der Waals surface area contributed by atoms with E-state index in [2.05, 4.69) is 44.3 Å². The fourth-order valence-electron chi connectivity index (χ4n) is 2.51. The largest absolute Gasteiger partial charge is 0.384 e. The fourth-order valence-corrected chi connectivity index (χ4v) is 2.51. The number of nitrogens with zero attached hydrogens (tertiary/aromatic N) is 3. The van der Waals surface area contributed by atoms with Gasteiger partial charge in [-0.25, -0.2) is 0 Å². The van der Waals surface area contributed by atoms with E-state index in [9.17, 15) is 0 Å². The van der Waals surface area contributed by atoms with Crippen LogP contribution in [0.5, 0.6) is 0 Å². The van der Waals surface area contributed by atoms with Crippen LogP contribution in [0.25, 0.3) is 0 Å².